The fourth-order valence-corrected chi connectivity index (χ4v) is 3.15. The van der Waals surface area contributed by atoms with Gasteiger partial charge in [0, 0.05) is 17.6 Å². The van der Waals surface area contributed by atoms with Gasteiger partial charge in [-0.3, -0.25) is 10.1 Å². The SMILES string of the molecule is COc1ccc(OC)c(-c2csc(NC(=O)[C@@H]3CCCO3)n2)c1. The average Bonchev–Trinajstić information content (AvgIpc) is 3.26. The highest BCUT2D eigenvalue weighted by atomic mass is 32.1. The Balaban J connectivity index is 1.80. The second-order valence-corrected chi connectivity index (χ2v) is 5.95. The molecule has 1 fully saturated rings. The molecular formula is C16H18N2O4S. The first-order chi connectivity index (χ1) is 11.2. The van der Waals surface area contributed by atoms with Crippen LogP contribution < -0.4 is 14.8 Å². The van der Waals surface area contributed by atoms with Crippen LogP contribution in [0.2, 0.25) is 0 Å². The summed E-state index contributed by atoms with van der Waals surface area (Å²) in [7, 11) is 3.22. The zero-order valence-electron chi connectivity index (χ0n) is 13.0. The van der Waals surface area contributed by atoms with Crippen molar-refractivity contribution in [2.45, 2.75) is 18.9 Å². The Labute approximate surface area is 138 Å². The van der Waals surface area contributed by atoms with Crippen molar-refractivity contribution in [3.63, 3.8) is 0 Å². The number of aromatic nitrogens is 1. The molecule has 0 spiro atoms. The molecule has 1 atom stereocenters. The van der Waals surface area contributed by atoms with Crippen LogP contribution in [0.4, 0.5) is 5.13 Å². The standard InChI is InChI=1S/C16H18N2O4S/c1-20-10-5-6-13(21-2)11(8-10)12-9-23-16(17-12)18-15(19)14-4-3-7-22-14/h5-6,8-9,14H,3-4,7H2,1-2H3,(H,17,18,19)/t14-/m0/s1. The second kappa shape index (κ2) is 6.97. The average molecular weight is 334 g/mol. The maximum absolute atomic E-state index is 12.1. The summed E-state index contributed by atoms with van der Waals surface area (Å²) < 4.78 is 16.0. The molecule has 0 unspecified atom stereocenters. The summed E-state index contributed by atoms with van der Waals surface area (Å²) in [4.78, 5) is 16.5. The number of hydrogen-bond donors (Lipinski definition) is 1. The van der Waals surface area contributed by atoms with Gasteiger partial charge < -0.3 is 14.2 Å². The van der Waals surface area contributed by atoms with Crippen molar-refractivity contribution in [2.75, 3.05) is 26.1 Å². The van der Waals surface area contributed by atoms with E-state index in [9.17, 15) is 4.79 Å². The van der Waals surface area contributed by atoms with Crippen molar-refractivity contribution in [3.05, 3.63) is 23.6 Å². The van der Waals surface area contributed by atoms with Gasteiger partial charge in [-0.2, -0.15) is 0 Å². The predicted octanol–water partition coefficient (Wildman–Crippen LogP) is 2.94. The molecule has 122 valence electrons. The molecule has 1 saturated heterocycles. The number of ether oxygens (including phenoxy) is 3. The first kappa shape index (κ1) is 15.8. The maximum atomic E-state index is 12.1. The van der Waals surface area contributed by atoms with Gasteiger partial charge in [0.05, 0.1) is 19.9 Å². The van der Waals surface area contributed by atoms with E-state index in [1.165, 1.54) is 11.3 Å². The largest absolute Gasteiger partial charge is 0.497 e. The molecule has 2 aromatic rings. The Morgan fingerprint density at radius 3 is 2.96 bits per heavy atom. The third-order valence-electron chi connectivity index (χ3n) is 3.64. The maximum Gasteiger partial charge on any atom is 0.255 e. The molecular weight excluding hydrogens is 316 g/mol. The molecule has 1 N–H and O–H groups in total. The van der Waals surface area contributed by atoms with Gasteiger partial charge in [-0.15, -0.1) is 11.3 Å². The number of nitrogens with one attached hydrogen (secondary N) is 1. The van der Waals surface area contributed by atoms with Crippen molar-refractivity contribution in [1.29, 1.82) is 0 Å². The molecule has 7 heteroatoms. The highest BCUT2D eigenvalue weighted by Gasteiger charge is 2.24. The van der Waals surface area contributed by atoms with E-state index >= 15 is 0 Å². The first-order valence-electron chi connectivity index (χ1n) is 7.31. The number of carbonyl (C=O) groups excluding carboxylic acids is 1. The van der Waals surface area contributed by atoms with E-state index in [-0.39, 0.29) is 12.0 Å². The number of thiazole rings is 1. The fraction of sp³-hybridized carbons (Fsp3) is 0.375. The van der Waals surface area contributed by atoms with Crippen LogP contribution in [0, 0.1) is 0 Å². The highest BCUT2D eigenvalue weighted by molar-refractivity contribution is 7.14. The van der Waals surface area contributed by atoms with Gasteiger partial charge in [0.2, 0.25) is 0 Å². The highest BCUT2D eigenvalue weighted by Crippen LogP contribution is 2.35. The van der Waals surface area contributed by atoms with Crippen LogP contribution in [0.1, 0.15) is 12.8 Å². The predicted molar refractivity (Wildman–Crippen MR) is 88.3 cm³/mol. The number of nitrogens with zero attached hydrogens (tertiary/aromatic N) is 1. The topological polar surface area (TPSA) is 69.7 Å². The molecule has 0 saturated carbocycles. The Morgan fingerprint density at radius 1 is 1.39 bits per heavy atom. The smallest absolute Gasteiger partial charge is 0.255 e. The number of carbonyl (C=O) groups is 1. The van der Waals surface area contributed by atoms with Crippen LogP contribution in [0.3, 0.4) is 0 Å². The summed E-state index contributed by atoms with van der Waals surface area (Å²) in [6.07, 6.45) is 1.31. The monoisotopic (exact) mass is 334 g/mol. The minimum atomic E-state index is -0.367. The van der Waals surface area contributed by atoms with E-state index in [2.05, 4.69) is 10.3 Å². The minimum Gasteiger partial charge on any atom is -0.497 e. The lowest BCUT2D eigenvalue weighted by atomic mass is 10.1. The molecule has 1 aromatic heterocycles. The van der Waals surface area contributed by atoms with Gasteiger partial charge >= 0.3 is 0 Å². The lowest BCUT2D eigenvalue weighted by Gasteiger charge is -2.09. The molecule has 0 bridgehead atoms. The van der Waals surface area contributed by atoms with Gasteiger partial charge in [0.1, 0.15) is 17.6 Å². The summed E-state index contributed by atoms with van der Waals surface area (Å²) in [5.74, 6) is 1.29. The summed E-state index contributed by atoms with van der Waals surface area (Å²) in [6, 6.07) is 5.52. The van der Waals surface area contributed by atoms with E-state index in [0.717, 1.165) is 29.8 Å². The van der Waals surface area contributed by atoms with Crippen LogP contribution in [0.25, 0.3) is 11.3 Å². The Bertz CT molecular complexity index is 695. The summed E-state index contributed by atoms with van der Waals surface area (Å²) in [5.41, 5.74) is 1.55. The number of rotatable bonds is 5. The summed E-state index contributed by atoms with van der Waals surface area (Å²) in [6.45, 7) is 0.641. The molecule has 2 heterocycles. The normalized spacial score (nSPS) is 17.0. The molecule has 23 heavy (non-hydrogen) atoms. The van der Waals surface area contributed by atoms with E-state index in [1.54, 1.807) is 14.2 Å². The number of methoxy groups -OCH3 is 2. The van der Waals surface area contributed by atoms with Crippen molar-refractivity contribution in [3.8, 4) is 22.8 Å². The molecule has 3 rings (SSSR count). The number of anilines is 1. The fourth-order valence-electron chi connectivity index (χ4n) is 2.44. The zero-order valence-corrected chi connectivity index (χ0v) is 13.8. The Hall–Kier alpha value is -2.12. The van der Waals surface area contributed by atoms with Gasteiger partial charge in [-0.25, -0.2) is 4.98 Å². The van der Waals surface area contributed by atoms with Crippen molar-refractivity contribution in [2.24, 2.45) is 0 Å². The number of amides is 1. The van der Waals surface area contributed by atoms with Gasteiger partial charge in [-0.05, 0) is 31.0 Å². The molecule has 1 amide bonds. The van der Waals surface area contributed by atoms with Crippen molar-refractivity contribution in [1.82, 2.24) is 4.98 Å². The molecule has 6 nitrogen and oxygen atoms in total. The minimum absolute atomic E-state index is 0.138. The Morgan fingerprint density at radius 2 is 2.26 bits per heavy atom. The first-order valence-corrected chi connectivity index (χ1v) is 8.19. The van der Waals surface area contributed by atoms with E-state index in [4.69, 9.17) is 14.2 Å². The number of hydrogen-bond acceptors (Lipinski definition) is 6. The van der Waals surface area contributed by atoms with Crippen molar-refractivity contribution >= 4 is 22.4 Å². The third-order valence-corrected chi connectivity index (χ3v) is 4.40. The van der Waals surface area contributed by atoms with Gasteiger partial charge in [0.25, 0.3) is 5.91 Å². The van der Waals surface area contributed by atoms with Gasteiger partial charge in [0.15, 0.2) is 5.13 Å². The van der Waals surface area contributed by atoms with Crippen LogP contribution in [0.5, 0.6) is 11.5 Å². The zero-order chi connectivity index (χ0) is 16.2. The number of benzene rings is 1. The second-order valence-electron chi connectivity index (χ2n) is 5.10. The molecule has 1 aromatic carbocycles. The quantitative estimate of drug-likeness (QED) is 0.910. The van der Waals surface area contributed by atoms with Crippen LogP contribution in [-0.4, -0.2) is 37.8 Å². The van der Waals surface area contributed by atoms with Crippen LogP contribution in [-0.2, 0) is 9.53 Å². The van der Waals surface area contributed by atoms with E-state index in [1.807, 2.05) is 23.6 Å². The summed E-state index contributed by atoms with van der Waals surface area (Å²) in [5, 5.41) is 5.24. The van der Waals surface area contributed by atoms with Crippen LogP contribution >= 0.6 is 11.3 Å². The molecule has 1 aliphatic rings. The lowest BCUT2D eigenvalue weighted by Crippen LogP contribution is -2.26. The lowest BCUT2D eigenvalue weighted by molar-refractivity contribution is -0.124. The molecule has 0 radical (unpaired) electrons. The van der Waals surface area contributed by atoms with E-state index < -0.39 is 0 Å². The van der Waals surface area contributed by atoms with E-state index in [0.29, 0.717) is 17.5 Å². The molecule has 1 aliphatic heterocycles. The summed E-state index contributed by atoms with van der Waals surface area (Å²) >= 11 is 1.37. The molecule has 0 aliphatic carbocycles. The third kappa shape index (κ3) is 3.46. The van der Waals surface area contributed by atoms with Crippen LogP contribution in [0.15, 0.2) is 23.6 Å². The van der Waals surface area contributed by atoms with Crippen molar-refractivity contribution < 1.29 is 19.0 Å². The Kier molecular flexibility index (Phi) is 4.78. The van der Waals surface area contributed by atoms with Gasteiger partial charge in [-0.1, -0.05) is 0 Å².